The molecule has 1 aliphatic rings. The second kappa shape index (κ2) is 7.11. The number of carbonyl (C=O) groups is 2. The SMILES string of the molecule is COc1ccccc1NC(=O)CN(C(C)=O)C1CCCC1. The number of hydrogen-bond donors (Lipinski definition) is 1. The first-order valence-electron chi connectivity index (χ1n) is 7.32. The Balaban J connectivity index is 2.00. The van der Waals surface area contributed by atoms with Crippen LogP contribution in [0.1, 0.15) is 32.6 Å². The van der Waals surface area contributed by atoms with Crippen LogP contribution in [0, 0.1) is 0 Å². The number of methoxy groups -OCH3 is 1. The van der Waals surface area contributed by atoms with Crippen LogP contribution in [0.4, 0.5) is 5.69 Å². The van der Waals surface area contributed by atoms with Crippen molar-refractivity contribution >= 4 is 17.5 Å². The molecule has 2 amide bonds. The molecule has 0 saturated heterocycles. The molecule has 1 aliphatic carbocycles. The Morgan fingerprint density at radius 2 is 1.95 bits per heavy atom. The average molecular weight is 290 g/mol. The molecule has 0 radical (unpaired) electrons. The van der Waals surface area contributed by atoms with E-state index in [0.29, 0.717) is 11.4 Å². The van der Waals surface area contributed by atoms with Crippen molar-refractivity contribution < 1.29 is 14.3 Å². The van der Waals surface area contributed by atoms with E-state index in [9.17, 15) is 9.59 Å². The van der Waals surface area contributed by atoms with Crippen LogP contribution in [0.15, 0.2) is 24.3 Å². The van der Waals surface area contributed by atoms with E-state index in [1.54, 1.807) is 24.1 Å². The number of nitrogens with one attached hydrogen (secondary N) is 1. The van der Waals surface area contributed by atoms with Crippen LogP contribution in [0.2, 0.25) is 0 Å². The second-order valence-corrected chi connectivity index (χ2v) is 5.33. The number of benzene rings is 1. The van der Waals surface area contributed by atoms with E-state index >= 15 is 0 Å². The first-order valence-corrected chi connectivity index (χ1v) is 7.32. The summed E-state index contributed by atoms with van der Waals surface area (Å²) >= 11 is 0. The molecule has 5 heteroatoms. The van der Waals surface area contributed by atoms with Gasteiger partial charge in [-0.1, -0.05) is 25.0 Å². The van der Waals surface area contributed by atoms with Crippen molar-refractivity contribution in [3.63, 3.8) is 0 Å². The summed E-state index contributed by atoms with van der Waals surface area (Å²) in [5.41, 5.74) is 0.625. The van der Waals surface area contributed by atoms with Gasteiger partial charge in [-0.2, -0.15) is 0 Å². The van der Waals surface area contributed by atoms with Crippen molar-refractivity contribution in [2.24, 2.45) is 0 Å². The van der Waals surface area contributed by atoms with Crippen molar-refractivity contribution in [1.29, 1.82) is 0 Å². The molecular formula is C16H22N2O3. The standard InChI is InChI=1S/C16H22N2O3/c1-12(19)18(13-7-3-4-8-13)11-16(20)17-14-9-5-6-10-15(14)21-2/h5-6,9-10,13H,3-4,7-8,11H2,1-2H3,(H,17,20). The highest BCUT2D eigenvalue weighted by atomic mass is 16.5. The lowest BCUT2D eigenvalue weighted by Gasteiger charge is -2.27. The number of nitrogens with zero attached hydrogens (tertiary/aromatic N) is 1. The maximum Gasteiger partial charge on any atom is 0.244 e. The molecule has 1 aromatic carbocycles. The fourth-order valence-corrected chi connectivity index (χ4v) is 2.81. The molecule has 0 aromatic heterocycles. The minimum Gasteiger partial charge on any atom is -0.495 e. The molecule has 1 fully saturated rings. The van der Waals surface area contributed by atoms with Gasteiger partial charge in [-0.15, -0.1) is 0 Å². The van der Waals surface area contributed by atoms with Crippen LogP contribution < -0.4 is 10.1 Å². The molecular weight excluding hydrogens is 268 g/mol. The van der Waals surface area contributed by atoms with Crippen molar-refractivity contribution in [2.45, 2.75) is 38.6 Å². The van der Waals surface area contributed by atoms with Gasteiger partial charge < -0.3 is 15.0 Å². The van der Waals surface area contributed by atoms with Gasteiger partial charge in [0, 0.05) is 13.0 Å². The topological polar surface area (TPSA) is 58.6 Å². The fraction of sp³-hybridized carbons (Fsp3) is 0.500. The summed E-state index contributed by atoms with van der Waals surface area (Å²) in [6, 6.07) is 7.44. The van der Waals surface area contributed by atoms with Gasteiger partial charge in [0.05, 0.1) is 12.8 Å². The van der Waals surface area contributed by atoms with Crippen molar-refractivity contribution in [1.82, 2.24) is 4.90 Å². The number of ether oxygens (including phenoxy) is 1. The van der Waals surface area contributed by atoms with Crippen LogP contribution in [-0.2, 0) is 9.59 Å². The van der Waals surface area contributed by atoms with Crippen LogP contribution >= 0.6 is 0 Å². The number of rotatable bonds is 5. The van der Waals surface area contributed by atoms with Gasteiger partial charge in [0.2, 0.25) is 11.8 Å². The first kappa shape index (κ1) is 15.4. The molecule has 0 unspecified atom stereocenters. The van der Waals surface area contributed by atoms with Crippen molar-refractivity contribution in [3.05, 3.63) is 24.3 Å². The first-order chi connectivity index (χ1) is 10.1. The molecule has 0 heterocycles. The summed E-state index contributed by atoms with van der Waals surface area (Å²) in [4.78, 5) is 25.6. The summed E-state index contributed by atoms with van der Waals surface area (Å²) in [6.45, 7) is 1.62. The zero-order chi connectivity index (χ0) is 15.2. The van der Waals surface area contributed by atoms with Crippen LogP contribution in [0.5, 0.6) is 5.75 Å². The zero-order valence-corrected chi connectivity index (χ0v) is 12.6. The van der Waals surface area contributed by atoms with E-state index in [-0.39, 0.29) is 24.4 Å². The van der Waals surface area contributed by atoms with Gasteiger partial charge in [0.1, 0.15) is 12.3 Å². The summed E-state index contributed by atoms with van der Waals surface area (Å²) in [6.07, 6.45) is 4.23. The van der Waals surface area contributed by atoms with E-state index in [4.69, 9.17) is 4.74 Å². The average Bonchev–Trinajstić information content (AvgIpc) is 2.99. The molecule has 0 spiro atoms. The highest BCUT2D eigenvalue weighted by molar-refractivity contribution is 5.95. The number of carbonyl (C=O) groups excluding carboxylic acids is 2. The number of para-hydroxylation sites is 2. The normalized spacial score (nSPS) is 14.8. The molecule has 2 rings (SSSR count). The predicted molar refractivity (Wildman–Crippen MR) is 81.3 cm³/mol. The molecule has 21 heavy (non-hydrogen) atoms. The Morgan fingerprint density at radius 1 is 1.29 bits per heavy atom. The Bertz CT molecular complexity index is 510. The second-order valence-electron chi connectivity index (χ2n) is 5.33. The maximum atomic E-state index is 12.2. The lowest BCUT2D eigenvalue weighted by Crippen LogP contribution is -2.42. The third-order valence-electron chi connectivity index (χ3n) is 3.86. The Kier molecular flexibility index (Phi) is 5.20. The molecule has 1 aromatic rings. The Hall–Kier alpha value is -2.04. The predicted octanol–water partition coefficient (Wildman–Crippen LogP) is 2.42. The molecule has 0 aliphatic heterocycles. The minimum absolute atomic E-state index is 0.0444. The molecule has 0 atom stereocenters. The van der Waals surface area contributed by atoms with E-state index in [1.165, 1.54) is 6.92 Å². The highest BCUT2D eigenvalue weighted by Crippen LogP contribution is 2.25. The van der Waals surface area contributed by atoms with Crippen LogP contribution in [0.25, 0.3) is 0 Å². The smallest absolute Gasteiger partial charge is 0.244 e. The molecule has 0 bridgehead atoms. The third kappa shape index (κ3) is 3.97. The summed E-state index contributed by atoms with van der Waals surface area (Å²) in [5.74, 6) is 0.375. The van der Waals surface area contributed by atoms with Crippen molar-refractivity contribution in [2.75, 3.05) is 19.0 Å². The van der Waals surface area contributed by atoms with Crippen LogP contribution in [0.3, 0.4) is 0 Å². The van der Waals surface area contributed by atoms with Crippen molar-refractivity contribution in [3.8, 4) is 5.75 Å². The molecule has 1 N–H and O–H groups in total. The molecule has 1 saturated carbocycles. The van der Waals surface area contributed by atoms with Gasteiger partial charge in [0.15, 0.2) is 0 Å². The quantitative estimate of drug-likeness (QED) is 0.906. The maximum absolute atomic E-state index is 12.2. The van der Waals surface area contributed by atoms with Gasteiger partial charge in [0.25, 0.3) is 0 Å². The van der Waals surface area contributed by atoms with E-state index < -0.39 is 0 Å². The monoisotopic (exact) mass is 290 g/mol. The number of amides is 2. The van der Waals surface area contributed by atoms with Gasteiger partial charge >= 0.3 is 0 Å². The van der Waals surface area contributed by atoms with E-state index in [1.807, 2.05) is 12.1 Å². The summed E-state index contributed by atoms with van der Waals surface area (Å²) in [7, 11) is 1.56. The number of hydrogen-bond acceptors (Lipinski definition) is 3. The lowest BCUT2D eigenvalue weighted by atomic mass is 10.2. The molecule has 5 nitrogen and oxygen atoms in total. The fourth-order valence-electron chi connectivity index (χ4n) is 2.81. The minimum atomic E-state index is -0.193. The summed E-state index contributed by atoms with van der Waals surface area (Å²) < 4.78 is 5.20. The van der Waals surface area contributed by atoms with Gasteiger partial charge in [-0.05, 0) is 25.0 Å². The largest absolute Gasteiger partial charge is 0.495 e. The Labute approximate surface area is 125 Å². The van der Waals surface area contributed by atoms with Gasteiger partial charge in [-0.25, -0.2) is 0 Å². The van der Waals surface area contributed by atoms with Crippen LogP contribution in [-0.4, -0.2) is 36.4 Å². The van der Waals surface area contributed by atoms with E-state index in [0.717, 1.165) is 25.7 Å². The Morgan fingerprint density at radius 3 is 2.57 bits per heavy atom. The van der Waals surface area contributed by atoms with E-state index in [2.05, 4.69) is 5.32 Å². The summed E-state index contributed by atoms with van der Waals surface area (Å²) in [5, 5.41) is 2.81. The van der Waals surface area contributed by atoms with Gasteiger partial charge in [-0.3, -0.25) is 9.59 Å². The lowest BCUT2D eigenvalue weighted by molar-refractivity contribution is -0.135. The number of anilines is 1. The zero-order valence-electron chi connectivity index (χ0n) is 12.6. The third-order valence-corrected chi connectivity index (χ3v) is 3.86. The molecule has 114 valence electrons. The highest BCUT2D eigenvalue weighted by Gasteiger charge is 2.26.